The van der Waals surface area contributed by atoms with Gasteiger partial charge < -0.3 is 14.0 Å². The van der Waals surface area contributed by atoms with Gasteiger partial charge in [0.15, 0.2) is 12.4 Å². The second-order valence-electron chi connectivity index (χ2n) is 5.83. The van der Waals surface area contributed by atoms with Gasteiger partial charge in [-0.3, -0.25) is 9.59 Å². The summed E-state index contributed by atoms with van der Waals surface area (Å²) in [7, 11) is 1.57. The number of methoxy groups -OCH3 is 1. The molecule has 0 unspecified atom stereocenters. The Hall–Kier alpha value is -3.19. The number of Topliss-reactive ketones (excluding diaryl/α,β-unsaturated/α-hetero) is 1. The molecule has 7 nitrogen and oxygen atoms in total. The van der Waals surface area contributed by atoms with E-state index in [-0.39, 0.29) is 31.1 Å². The molecule has 3 rings (SSSR count). The molecule has 3 aromatic rings. The number of rotatable bonds is 8. The second-order valence-corrected chi connectivity index (χ2v) is 6.27. The molecule has 0 fully saturated rings. The first kappa shape index (κ1) is 19.6. The van der Waals surface area contributed by atoms with Gasteiger partial charge in [0.05, 0.1) is 13.5 Å². The topological polar surface area (TPSA) is 91.5 Å². The fraction of sp³-hybridized carbons (Fsp3) is 0.200. The van der Waals surface area contributed by atoms with Gasteiger partial charge >= 0.3 is 5.97 Å². The summed E-state index contributed by atoms with van der Waals surface area (Å²) in [4.78, 5) is 28.1. The highest BCUT2D eigenvalue weighted by Gasteiger charge is 2.14. The minimum atomic E-state index is -0.525. The lowest BCUT2D eigenvalue weighted by molar-refractivity contribution is -0.145. The maximum atomic E-state index is 12.0. The van der Waals surface area contributed by atoms with E-state index in [2.05, 4.69) is 10.1 Å². The van der Waals surface area contributed by atoms with Crippen molar-refractivity contribution in [3.63, 3.8) is 0 Å². The van der Waals surface area contributed by atoms with Gasteiger partial charge in [-0.2, -0.15) is 4.98 Å². The first-order valence-electron chi connectivity index (χ1n) is 8.46. The highest BCUT2D eigenvalue weighted by atomic mass is 35.5. The van der Waals surface area contributed by atoms with E-state index in [1.807, 2.05) is 12.1 Å². The molecule has 0 amide bonds. The molecule has 0 aliphatic heterocycles. The van der Waals surface area contributed by atoms with Gasteiger partial charge in [-0.05, 0) is 36.4 Å². The summed E-state index contributed by atoms with van der Waals surface area (Å²) in [6.45, 7) is -0.162. The molecule has 28 heavy (non-hydrogen) atoms. The Morgan fingerprint density at radius 3 is 2.64 bits per heavy atom. The maximum absolute atomic E-state index is 12.0. The minimum Gasteiger partial charge on any atom is -0.497 e. The van der Waals surface area contributed by atoms with E-state index in [0.29, 0.717) is 27.7 Å². The Labute approximate surface area is 166 Å². The molecule has 0 saturated carbocycles. The summed E-state index contributed by atoms with van der Waals surface area (Å²) < 4.78 is 15.3. The van der Waals surface area contributed by atoms with Gasteiger partial charge in [0.1, 0.15) is 5.75 Å². The lowest BCUT2D eigenvalue weighted by Crippen LogP contribution is -2.08. The van der Waals surface area contributed by atoms with Crippen LogP contribution in [0.2, 0.25) is 5.02 Å². The third-order valence-corrected chi connectivity index (χ3v) is 4.13. The van der Waals surface area contributed by atoms with Crippen molar-refractivity contribution in [3.8, 4) is 17.1 Å². The van der Waals surface area contributed by atoms with E-state index in [0.717, 1.165) is 0 Å². The number of esters is 1. The zero-order valence-corrected chi connectivity index (χ0v) is 15.8. The van der Waals surface area contributed by atoms with Crippen LogP contribution in [0.25, 0.3) is 11.4 Å². The van der Waals surface area contributed by atoms with E-state index in [1.165, 1.54) is 0 Å². The average Bonchev–Trinajstić information content (AvgIpc) is 3.20. The van der Waals surface area contributed by atoms with Crippen molar-refractivity contribution >= 4 is 23.4 Å². The number of carbonyl (C=O) groups excluding carboxylic acids is 2. The van der Waals surface area contributed by atoms with Gasteiger partial charge in [-0.25, -0.2) is 0 Å². The summed E-state index contributed by atoms with van der Waals surface area (Å²) in [6.07, 6.45) is -0.00228. The Morgan fingerprint density at radius 2 is 1.89 bits per heavy atom. The van der Waals surface area contributed by atoms with Gasteiger partial charge in [0, 0.05) is 22.6 Å². The Kier molecular flexibility index (Phi) is 6.39. The molecule has 0 bridgehead atoms. The molecule has 0 N–H and O–H groups in total. The van der Waals surface area contributed by atoms with Gasteiger partial charge in [0.2, 0.25) is 5.82 Å². The molecule has 0 saturated heterocycles. The quantitative estimate of drug-likeness (QED) is 0.415. The van der Waals surface area contributed by atoms with Crippen molar-refractivity contribution in [1.82, 2.24) is 10.1 Å². The fourth-order valence-corrected chi connectivity index (χ4v) is 2.53. The van der Waals surface area contributed by atoms with Gasteiger partial charge in [-0.1, -0.05) is 28.9 Å². The third kappa shape index (κ3) is 5.17. The van der Waals surface area contributed by atoms with Gasteiger partial charge in [0.25, 0.3) is 5.89 Å². The predicted molar refractivity (Wildman–Crippen MR) is 101 cm³/mol. The Bertz CT molecular complexity index is 969. The molecule has 0 aliphatic rings. The lowest BCUT2D eigenvalue weighted by Gasteiger charge is -2.02. The standard InChI is InChI=1S/C20H17ClN2O5/c1-26-16-4-2-3-14(11-16)20-22-18(28-23-20)12-27-19(25)10-9-17(24)13-5-7-15(21)8-6-13/h2-8,11H,9-10,12H2,1H3. The van der Waals surface area contributed by atoms with Crippen molar-refractivity contribution in [1.29, 1.82) is 0 Å². The van der Waals surface area contributed by atoms with E-state index in [4.69, 9.17) is 25.6 Å². The van der Waals surface area contributed by atoms with Crippen LogP contribution in [-0.2, 0) is 16.1 Å². The summed E-state index contributed by atoms with van der Waals surface area (Å²) in [6, 6.07) is 13.7. The number of benzene rings is 2. The average molecular weight is 401 g/mol. The predicted octanol–water partition coefficient (Wildman–Crippen LogP) is 4.10. The molecule has 0 spiro atoms. The molecule has 2 aromatic carbocycles. The number of halogens is 1. The fourth-order valence-electron chi connectivity index (χ4n) is 2.40. The summed E-state index contributed by atoms with van der Waals surface area (Å²) in [5.41, 5.74) is 1.21. The number of ketones is 1. The van der Waals surface area contributed by atoms with E-state index >= 15 is 0 Å². The maximum Gasteiger partial charge on any atom is 0.306 e. The normalized spacial score (nSPS) is 10.5. The SMILES string of the molecule is COc1cccc(-c2noc(COC(=O)CCC(=O)c3ccc(Cl)cc3)n2)c1. The van der Waals surface area contributed by atoms with Crippen molar-refractivity contribution in [2.75, 3.05) is 7.11 Å². The van der Waals surface area contributed by atoms with Crippen LogP contribution in [0.3, 0.4) is 0 Å². The summed E-state index contributed by atoms with van der Waals surface area (Å²) >= 11 is 5.79. The number of carbonyl (C=O) groups is 2. The molecule has 1 aromatic heterocycles. The molecule has 8 heteroatoms. The number of nitrogens with zero attached hydrogens (tertiary/aromatic N) is 2. The lowest BCUT2D eigenvalue weighted by atomic mass is 10.1. The van der Waals surface area contributed by atoms with Crippen LogP contribution in [0.1, 0.15) is 29.1 Å². The van der Waals surface area contributed by atoms with Crippen LogP contribution in [0.5, 0.6) is 5.75 Å². The van der Waals surface area contributed by atoms with Crippen molar-refractivity contribution in [2.24, 2.45) is 0 Å². The molecule has 0 radical (unpaired) electrons. The number of hydrogen-bond acceptors (Lipinski definition) is 7. The number of ether oxygens (including phenoxy) is 2. The zero-order chi connectivity index (χ0) is 19.9. The highest BCUT2D eigenvalue weighted by molar-refractivity contribution is 6.30. The molecular formula is C20H17ClN2O5. The van der Waals surface area contributed by atoms with Gasteiger partial charge in [-0.15, -0.1) is 0 Å². The minimum absolute atomic E-state index is 0.0410. The van der Waals surface area contributed by atoms with E-state index in [9.17, 15) is 9.59 Å². The third-order valence-electron chi connectivity index (χ3n) is 3.88. The van der Waals surface area contributed by atoms with Crippen LogP contribution in [0.4, 0.5) is 0 Å². The Balaban J connectivity index is 1.49. The van der Waals surface area contributed by atoms with Crippen molar-refractivity contribution in [3.05, 3.63) is 65.0 Å². The number of hydrogen-bond donors (Lipinski definition) is 0. The molecular weight excluding hydrogens is 384 g/mol. The highest BCUT2D eigenvalue weighted by Crippen LogP contribution is 2.21. The van der Waals surface area contributed by atoms with Crippen LogP contribution in [0, 0.1) is 0 Å². The first-order chi connectivity index (χ1) is 13.5. The largest absolute Gasteiger partial charge is 0.497 e. The summed E-state index contributed by atoms with van der Waals surface area (Å²) in [5, 5.41) is 4.41. The Morgan fingerprint density at radius 1 is 1.11 bits per heavy atom. The monoisotopic (exact) mass is 400 g/mol. The van der Waals surface area contributed by atoms with Crippen LogP contribution < -0.4 is 4.74 Å². The van der Waals surface area contributed by atoms with E-state index < -0.39 is 5.97 Å². The number of aromatic nitrogens is 2. The zero-order valence-electron chi connectivity index (χ0n) is 15.1. The smallest absolute Gasteiger partial charge is 0.306 e. The summed E-state index contributed by atoms with van der Waals surface area (Å²) in [5.74, 6) is 0.508. The molecule has 1 heterocycles. The van der Waals surface area contributed by atoms with Crippen molar-refractivity contribution in [2.45, 2.75) is 19.4 Å². The second kappa shape index (κ2) is 9.14. The molecule has 144 valence electrons. The van der Waals surface area contributed by atoms with Crippen LogP contribution >= 0.6 is 11.6 Å². The van der Waals surface area contributed by atoms with Crippen molar-refractivity contribution < 1.29 is 23.6 Å². The van der Waals surface area contributed by atoms with E-state index in [1.54, 1.807) is 43.5 Å². The molecule has 0 atom stereocenters. The van der Waals surface area contributed by atoms with Crippen LogP contribution in [0.15, 0.2) is 53.1 Å². The molecule has 0 aliphatic carbocycles. The first-order valence-corrected chi connectivity index (χ1v) is 8.84. The van der Waals surface area contributed by atoms with Crippen LogP contribution in [-0.4, -0.2) is 29.0 Å².